The fourth-order valence-electron chi connectivity index (χ4n) is 3.58. The van der Waals surface area contributed by atoms with E-state index in [2.05, 4.69) is 87.9 Å². The van der Waals surface area contributed by atoms with Gasteiger partial charge in [0.25, 0.3) is 0 Å². The van der Waals surface area contributed by atoms with Crippen molar-refractivity contribution in [1.82, 2.24) is 0 Å². The molecule has 0 saturated heterocycles. The molecule has 131 valence electrons. The van der Waals surface area contributed by atoms with Crippen molar-refractivity contribution in [3.8, 4) is 11.1 Å². The van der Waals surface area contributed by atoms with Crippen LogP contribution in [-0.2, 0) is 20.8 Å². The Morgan fingerprint density at radius 3 is 2.15 bits per heavy atom. The Balaban J connectivity index is 0.000000613. The molecule has 1 aliphatic carbocycles. The number of fused-ring (bicyclic) bond motifs is 2. The van der Waals surface area contributed by atoms with Gasteiger partial charge in [0, 0.05) is 6.42 Å². The first-order chi connectivity index (χ1) is 12.6. The Hall–Kier alpha value is -0.877. The Bertz CT molecular complexity index is 952. The molecule has 0 spiro atoms. The van der Waals surface area contributed by atoms with Gasteiger partial charge >= 0.3 is 37.9 Å². The van der Waals surface area contributed by atoms with Crippen LogP contribution < -0.4 is 0 Å². The maximum atomic E-state index is 4.93. The molecular formula is C23H21Cl2Zr. The van der Waals surface area contributed by atoms with Crippen LogP contribution in [0, 0.1) is 19.3 Å². The summed E-state index contributed by atoms with van der Waals surface area (Å²) >= 11 is -0.826. The number of rotatable bonds is 2. The monoisotopic (exact) mass is 457 g/mol. The van der Waals surface area contributed by atoms with E-state index in [1.807, 2.05) is 0 Å². The first-order valence-electron chi connectivity index (χ1n) is 8.71. The minimum atomic E-state index is -0.826. The summed E-state index contributed by atoms with van der Waals surface area (Å²) < 4.78 is 0. The minimum absolute atomic E-state index is 0.560. The fourth-order valence-corrected chi connectivity index (χ4v) is 3.58. The molecule has 3 heteroatoms. The summed E-state index contributed by atoms with van der Waals surface area (Å²) in [5, 5.41) is 2.69. The quantitative estimate of drug-likeness (QED) is 0.367. The molecule has 3 aromatic rings. The summed E-state index contributed by atoms with van der Waals surface area (Å²) in [7, 11) is 9.87. The van der Waals surface area contributed by atoms with Crippen molar-refractivity contribution in [2.24, 2.45) is 5.92 Å². The van der Waals surface area contributed by atoms with Gasteiger partial charge in [-0.2, -0.15) is 0 Å². The Labute approximate surface area is 174 Å². The summed E-state index contributed by atoms with van der Waals surface area (Å²) in [4.78, 5) is 0. The molecule has 0 aromatic heterocycles. The molecule has 0 fully saturated rings. The van der Waals surface area contributed by atoms with Gasteiger partial charge in [-0.05, 0) is 51.4 Å². The molecule has 26 heavy (non-hydrogen) atoms. The zero-order chi connectivity index (χ0) is 18.7. The van der Waals surface area contributed by atoms with Crippen molar-refractivity contribution in [3.63, 3.8) is 0 Å². The summed E-state index contributed by atoms with van der Waals surface area (Å²) in [5.41, 5.74) is 8.15. The number of benzene rings is 3. The van der Waals surface area contributed by atoms with Crippen molar-refractivity contribution in [3.05, 3.63) is 83.3 Å². The molecule has 1 radical (unpaired) electrons. The van der Waals surface area contributed by atoms with Crippen molar-refractivity contribution in [1.29, 1.82) is 0 Å². The van der Waals surface area contributed by atoms with E-state index in [1.54, 1.807) is 0 Å². The predicted octanol–water partition coefficient (Wildman–Crippen LogP) is 7.80. The maximum absolute atomic E-state index is 4.93. The molecule has 0 heterocycles. The summed E-state index contributed by atoms with van der Waals surface area (Å²) in [6, 6.07) is 19.8. The second kappa shape index (κ2) is 8.87. The second-order valence-electron chi connectivity index (χ2n) is 6.80. The van der Waals surface area contributed by atoms with Crippen LogP contribution in [0.1, 0.15) is 30.5 Å². The first-order valence-corrected chi connectivity index (χ1v) is 15.0. The van der Waals surface area contributed by atoms with Gasteiger partial charge in [0.05, 0.1) is 0 Å². The summed E-state index contributed by atoms with van der Waals surface area (Å²) in [5.74, 6) is 0.560. The first kappa shape index (κ1) is 19.9. The van der Waals surface area contributed by atoms with Crippen LogP contribution in [0.4, 0.5) is 0 Å². The fraction of sp³-hybridized carbons (Fsp3) is 0.174. The van der Waals surface area contributed by atoms with Crippen LogP contribution in [0.2, 0.25) is 0 Å². The number of hydrogen-bond acceptors (Lipinski definition) is 0. The summed E-state index contributed by atoms with van der Waals surface area (Å²) in [6.07, 6.45) is 4.70. The van der Waals surface area contributed by atoms with Crippen LogP contribution in [0.5, 0.6) is 0 Å². The molecule has 1 aliphatic rings. The number of aryl methyl sites for hydroxylation is 1. The van der Waals surface area contributed by atoms with Crippen LogP contribution in [0.25, 0.3) is 28.0 Å². The van der Waals surface area contributed by atoms with Crippen molar-refractivity contribution in [2.45, 2.75) is 20.8 Å². The molecular weight excluding hydrogens is 438 g/mol. The molecule has 0 atom stereocenters. The molecule has 0 N–H and O–H groups in total. The average Bonchev–Trinajstić information content (AvgIpc) is 3.07. The Morgan fingerprint density at radius 1 is 0.846 bits per heavy atom. The van der Waals surface area contributed by atoms with Crippen LogP contribution in [0.3, 0.4) is 0 Å². The van der Waals surface area contributed by atoms with E-state index in [0.29, 0.717) is 5.92 Å². The molecule has 0 unspecified atom stereocenters. The Kier molecular flexibility index (Phi) is 6.78. The van der Waals surface area contributed by atoms with Gasteiger partial charge in [0.15, 0.2) is 0 Å². The zero-order valence-electron chi connectivity index (χ0n) is 15.2. The van der Waals surface area contributed by atoms with Gasteiger partial charge < -0.3 is 0 Å². The Morgan fingerprint density at radius 2 is 1.46 bits per heavy atom. The van der Waals surface area contributed by atoms with Gasteiger partial charge in [0.1, 0.15) is 0 Å². The van der Waals surface area contributed by atoms with Gasteiger partial charge in [0.2, 0.25) is 0 Å². The number of allylic oxidation sites excluding steroid dienone is 1. The van der Waals surface area contributed by atoms with Gasteiger partial charge in [-0.25, -0.2) is 0 Å². The van der Waals surface area contributed by atoms with Crippen LogP contribution >= 0.6 is 17.0 Å². The van der Waals surface area contributed by atoms with Crippen molar-refractivity contribution < 1.29 is 20.8 Å². The van der Waals surface area contributed by atoms with E-state index in [0.717, 1.165) is 0 Å². The molecule has 0 amide bonds. The summed E-state index contributed by atoms with van der Waals surface area (Å²) in [6.45, 7) is 6.72. The van der Waals surface area contributed by atoms with Crippen molar-refractivity contribution in [2.75, 3.05) is 0 Å². The normalized spacial score (nSPS) is 12.5. The SMILES string of the molecule is Cc1cccc2cccc(-c3cccc4c3C=C(C(C)C)[CH]4)c12.[Cl][Zr][Cl]. The predicted molar refractivity (Wildman–Crippen MR) is 112 cm³/mol. The van der Waals surface area contributed by atoms with Crippen LogP contribution in [0.15, 0.2) is 60.2 Å². The van der Waals surface area contributed by atoms with E-state index >= 15 is 0 Å². The van der Waals surface area contributed by atoms with Gasteiger partial charge in [-0.15, -0.1) is 0 Å². The number of halogens is 2. The van der Waals surface area contributed by atoms with Crippen LogP contribution in [-0.4, -0.2) is 0 Å². The molecule has 0 nitrogen and oxygen atoms in total. The van der Waals surface area contributed by atoms with E-state index in [-0.39, 0.29) is 0 Å². The third-order valence-corrected chi connectivity index (χ3v) is 4.84. The zero-order valence-corrected chi connectivity index (χ0v) is 19.2. The average molecular weight is 460 g/mol. The van der Waals surface area contributed by atoms with E-state index < -0.39 is 20.8 Å². The van der Waals surface area contributed by atoms with E-state index in [4.69, 9.17) is 17.0 Å². The second-order valence-corrected chi connectivity index (χ2v) is 10.5. The molecule has 0 bridgehead atoms. The van der Waals surface area contributed by atoms with Crippen molar-refractivity contribution >= 4 is 33.9 Å². The molecule has 3 aromatic carbocycles. The van der Waals surface area contributed by atoms with Gasteiger partial charge in [-0.1, -0.05) is 80.1 Å². The molecule has 4 rings (SSSR count). The third kappa shape index (κ3) is 4.01. The van der Waals surface area contributed by atoms with E-state index in [9.17, 15) is 0 Å². The van der Waals surface area contributed by atoms with Gasteiger partial charge in [-0.3, -0.25) is 0 Å². The molecule has 0 saturated carbocycles. The topological polar surface area (TPSA) is 0 Å². The third-order valence-electron chi connectivity index (χ3n) is 4.84. The standard InChI is InChI=1S/C23H21.2ClH.Zr/c1-15(2)19-13-18-10-6-11-20(22(18)14-19)21-12-5-9-17-8-4-7-16(3)23(17)21;;;/h4-15H,1-3H3;2*1H;/q;;;+2/p-2. The van der Waals surface area contributed by atoms with E-state index in [1.165, 1.54) is 44.2 Å². The number of hydrogen-bond donors (Lipinski definition) is 0. The molecule has 0 aliphatic heterocycles.